The van der Waals surface area contributed by atoms with Crippen molar-refractivity contribution in [3.63, 3.8) is 0 Å². The van der Waals surface area contributed by atoms with Gasteiger partial charge in [0.05, 0.1) is 23.7 Å². The van der Waals surface area contributed by atoms with Gasteiger partial charge in [-0.2, -0.15) is 0 Å². The van der Waals surface area contributed by atoms with E-state index in [-0.39, 0.29) is 12.3 Å². The van der Waals surface area contributed by atoms with Gasteiger partial charge in [0, 0.05) is 17.6 Å². The van der Waals surface area contributed by atoms with E-state index < -0.39 is 4.92 Å². The molecule has 0 amide bonds. The summed E-state index contributed by atoms with van der Waals surface area (Å²) in [6.45, 7) is 4.53. The summed E-state index contributed by atoms with van der Waals surface area (Å²) < 4.78 is 5.39. The van der Waals surface area contributed by atoms with Gasteiger partial charge in [0.2, 0.25) is 0 Å². The van der Waals surface area contributed by atoms with Gasteiger partial charge in [-0.3, -0.25) is 10.1 Å². The number of benzene rings is 1. The summed E-state index contributed by atoms with van der Waals surface area (Å²) in [5, 5.41) is 14.4. The molecule has 6 heteroatoms. The van der Waals surface area contributed by atoms with Crippen molar-refractivity contribution in [2.45, 2.75) is 20.0 Å². The van der Waals surface area contributed by atoms with Crippen LogP contribution in [0.2, 0.25) is 5.02 Å². The fourth-order valence-corrected chi connectivity index (χ4v) is 1.62. The van der Waals surface area contributed by atoms with Gasteiger partial charge in [0.15, 0.2) is 0 Å². The summed E-state index contributed by atoms with van der Waals surface area (Å²) in [5.74, 6) is 0. The predicted molar refractivity (Wildman–Crippen MR) is 70.9 cm³/mol. The topological polar surface area (TPSA) is 64.4 Å². The molecule has 0 aliphatic heterocycles. The number of nitro groups is 1. The summed E-state index contributed by atoms with van der Waals surface area (Å²) in [6, 6.07) is 4.60. The largest absolute Gasteiger partial charge is 0.375 e. The van der Waals surface area contributed by atoms with Crippen molar-refractivity contribution < 1.29 is 9.66 Å². The fraction of sp³-hybridized carbons (Fsp3) is 0.500. The van der Waals surface area contributed by atoms with Crippen molar-refractivity contribution in [1.29, 1.82) is 0 Å². The summed E-state index contributed by atoms with van der Waals surface area (Å²) in [5.41, 5.74) is 0.545. The quantitative estimate of drug-likeness (QED) is 0.449. The Morgan fingerprint density at radius 2 is 2.22 bits per heavy atom. The zero-order chi connectivity index (χ0) is 13.4. The maximum Gasteiger partial charge on any atom is 0.276 e. The van der Waals surface area contributed by atoms with Gasteiger partial charge in [-0.1, -0.05) is 18.5 Å². The summed E-state index contributed by atoms with van der Waals surface area (Å²) in [6.07, 6.45) is 1.07. The van der Waals surface area contributed by atoms with E-state index in [1.165, 1.54) is 6.07 Å². The third-order valence-corrected chi connectivity index (χ3v) is 2.59. The lowest BCUT2D eigenvalue weighted by Gasteiger charge is -2.06. The minimum absolute atomic E-state index is 0.00372. The van der Waals surface area contributed by atoms with Crippen LogP contribution in [-0.2, 0) is 11.3 Å². The third kappa shape index (κ3) is 5.00. The lowest BCUT2D eigenvalue weighted by atomic mass is 10.2. The monoisotopic (exact) mass is 272 g/mol. The first-order valence-electron chi connectivity index (χ1n) is 5.86. The molecule has 0 saturated heterocycles. The van der Waals surface area contributed by atoms with Gasteiger partial charge in [0.25, 0.3) is 5.69 Å². The number of rotatable bonds is 8. The molecule has 1 aromatic rings. The molecular weight excluding hydrogens is 256 g/mol. The smallest absolute Gasteiger partial charge is 0.276 e. The van der Waals surface area contributed by atoms with Gasteiger partial charge < -0.3 is 10.1 Å². The molecule has 1 aromatic carbocycles. The molecule has 5 nitrogen and oxygen atoms in total. The van der Waals surface area contributed by atoms with E-state index in [9.17, 15) is 10.1 Å². The average Bonchev–Trinajstić information content (AvgIpc) is 2.35. The number of nitro benzene ring substituents is 1. The molecule has 0 saturated carbocycles. The van der Waals surface area contributed by atoms with Crippen molar-refractivity contribution in [1.82, 2.24) is 5.32 Å². The van der Waals surface area contributed by atoms with Gasteiger partial charge >= 0.3 is 0 Å². The maximum absolute atomic E-state index is 10.8. The summed E-state index contributed by atoms with van der Waals surface area (Å²) in [4.78, 5) is 10.4. The van der Waals surface area contributed by atoms with Crippen molar-refractivity contribution in [2.75, 3.05) is 19.7 Å². The number of ether oxygens (including phenoxy) is 1. The Morgan fingerprint density at radius 3 is 2.89 bits per heavy atom. The Morgan fingerprint density at radius 1 is 1.44 bits per heavy atom. The highest BCUT2D eigenvalue weighted by atomic mass is 35.5. The van der Waals surface area contributed by atoms with Crippen LogP contribution in [-0.4, -0.2) is 24.6 Å². The molecule has 0 fully saturated rings. The van der Waals surface area contributed by atoms with Crippen molar-refractivity contribution in [2.24, 2.45) is 0 Å². The Hall–Kier alpha value is -1.17. The molecule has 1 N–H and O–H groups in total. The average molecular weight is 273 g/mol. The van der Waals surface area contributed by atoms with Crippen LogP contribution in [0.3, 0.4) is 0 Å². The molecule has 100 valence electrons. The van der Waals surface area contributed by atoms with Gasteiger partial charge in [-0.15, -0.1) is 0 Å². The highest BCUT2D eigenvalue weighted by Gasteiger charge is 2.13. The van der Waals surface area contributed by atoms with E-state index in [4.69, 9.17) is 16.3 Å². The van der Waals surface area contributed by atoms with Crippen molar-refractivity contribution in [3.05, 3.63) is 38.9 Å². The molecule has 1 rings (SSSR count). The van der Waals surface area contributed by atoms with Crippen LogP contribution in [0.4, 0.5) is 5.69 Å². The Kier molecular flexibility index (Phi) is 6.64. The van der Waals surface area contributed by atoms with E-state index in [0.29, 0.717) is 17.2 Å². The van der Waals surface area contributed by atoms with Crippen molar-refractivity contribution >= 4 is 17.3 Å². The standard InChI is InChI=1S/C12H17ClN2O3/c1-2-5-14-6-7-18-9-10-3-4-11(13)8-12(10)15(16)17/h3-4,8,14H,2,5-7,9H2,1H3. The third-order valence-electron chi connectivity index (χ3n) is 2.35. The van der Waals surface area contributed by atoms with Crippen LogP contribution in [0.5, 0.6) is 0 Å². The van der Waals surface area contributed by atoms with Crippen molar-refractivity contribution in [3.8, 4) is 0 Å². The van der Waals surface area contributed by atoms with Crippen LogP contribution in [0, 0.1) is 10.1 Å². The molecule has 0 bridgehead atoms. The molecule has 0 atom stereocenters. The van der Waals surface area contributed by atoms with Crippen LogP contribution < -0.4 is 5.32 Å². The molecule has 0 radical (unpaired) electrons. The Labute approximate surface area is 111 Å². The van der Waals surface area contributed by atoms with E-state index in [2.05, 4.69) is 12.2 Å². The van der Waals surface area contributed by atoms with Gasteiger partial charge in [-0.25, -0.2) is 0 Å². The molecular formula is C12H17ClN2O3. The summed E-state index contributed by atoms with van der Waals surface area (Å²) in [7, 11) is 0. The summed E-state index contributed by atoms with van der Waals surface area (Å²) >= 11 is 5.72. The second-order valence-electron chi connectivity index (χ2n) is 3.83. The first kappa shape index (κ1) is 14.9. The van der Waals surface area contributed by atoms with Gasteiger partial charge in [-0.05, 0) is 25.1 Å². The molecule has 0 heterocycles. The molecule has 0 aliphatic rings. The van der Waals surface area contributed by atoms with Gasteiger partial charge in [0.1, 0.15) is 0 Å². The predicted octanol–water partition coefficient (Wildman–Crippen LogP) is 2.76. The zero-order valence-corrected chi connectivity index (χ0v) is 11.1. The first-order chi connectivity index (χ1) is 8.65. The number of nitrogens with zero attached hydrogens (tertiary/aromatic N) is 1. The molecule has 0 aliphatic carbocycles. The second-order valence-corrected chi connectivity index (χ2v) is 4.27. The normalized spacial score (nSPS) is 10.6. The highest BCUT2D eigenvalue weighted by molar-refractivity contribution is 6.30. The lowest BCUT2D eigenvalue weighted by Crippen LogP contribution is -2.20. The molecule has 0 unspecified atom stereocenters. The maximum atomic E-state index is 10.8. The van der Waals surface area contributed by atoms with Crippen LogP contribution in [0.1, 0.15) is 18.9 Å². The van der Waals surface area contributed by atoms with Crippen LogP contribution >= 0.6 is 11.6 Å². The SMILES string of the molecule is CCCNCCOCc1ccc(Cl)cc1[N+](=O)[O-]. The fourth-order valence-electron chi connectivity index (χ4n) is 1.46. The number of nitrogens with one attached hydrogen (secondary N) is 1. The minimum atomic E-state index is -0.445. The number of hydrogen-bond acceptors (Lipinski definition) is 4. The number of halogens is 1. The second kappa shape index (κ2) is 8.02. The lowest BCUT2D eigenvalue weighted by molar-refractivity contribution is -0.385. The first-order valence-corrected chi connectivity index (χ1v) is 6.24. The minimum Gasteiger partial charge on any atom is -0.375 e. The van der Waals surface area contributed by atoms with E-state index >= 15 is 0 Å². The van der Waals surface area contributed by atoms with E-state index in [1.807, 2.05) is 0 Å². The van der Waals surface area contributed by atoms with Crippen LogP contribution in [0.15, 0.2) is 18.2 Å². The molecule has 0 spiro atoms. The number of hydrogen-bond donors (Lipinski definition) is 1. The zero-order valence-electron chi connectivity index (χ0n) is 10.3. The molecule has 0 aromatic heterocycles. The Balaban J connectivity index is 2.44. The van der Waals surface area contributed by atoms with E-state index in [0.717, 1.165) is 19.5 Å². The Bertz CT molecular complexity index is 399. The highest BCUT2D eigenvalue weighted by Crippen LogP contribution is 2.23. The molecule has 18 heavy (non-hydrogen) atoms. The van der Waals surface area contributed by atoms with Crippen LogP contribution in [0.25, 0.3) is 0 Å². The van der Waals surface area contributed by atoms with E-state index in [1.54, 1.807) is 12.1 Å².